The molecular formula is C25H26FN5O2S. The van der Waals surface area contributed by atoms with Gasteiger partial charge in [0.2, 0.25) is 5.91 Å². The highest BCUT2D eigenvalue weighted by molar-refractivity contribution is 7.97. The van der Waals surface area contributed by atoms with E-state index in [1.54, 1.807) is 21.7 Å². The van der Waals surface area contributed by atoms with Crippen LogP contribution in [-0.2, 0) is 4.79 Å². The SMILES string of the molecule is Cc1c2c(nn1-c1ccccc1)C(=O)N(CC(=O)N1CCN(c3ccccc3F)CC1)SC2C. The molecule has 3 heterocycles. The summed E-state index contributed by atoms with van der Waals surface area (Å²) in [7, 11) is 0. The average molecular weight is 480 g/mol. The van der Waals surface area contributed by atoms with Gasteiger partial charge in [-0.15, -0.1) is 0 Å². The molecule has 2 amide bonds. The van der Waals surface area contributed by atoms with Crippen molar-refractivity contribution in [1.29, 1.82) is 0 Å². The summed E-state index contributed by atoms with van der Waals surface area (Å²) < 4.78 is 17.4. The van der Waals surface area contributed by atoms with Crippen LogP contribution in [0.4, 0.5) is 10.1 Å². The molecule has 1 aromatic heterocycles. The number of aromatic nitrogens is 2. The number of hydrogen-bond acceptors (Lipinski definition) is 5. The van der Waals surface area contributed by atoms with Crippen molar-refractivity contribution in [2.75, 3.05) is 37.6 Å². The Morgan fingerprint density at radius 2 is 1.74 bits per heavy atom. The summed E-state index contributed by atoms with van der Waals surface area (Å²) in [5.41, 5.74) is 3.72. The van der Waals surface area contributed by atoms with Crippen molar-refractivity contribution in [2.24, 2.45) is 0 Å². The first-order valence-corrected chi connectivity index (χ1v) is 12.2. The molecule has 2 aromatic carbocycles. The number of hydrogen-bond donors (Lipinski definition) is 0. The molecule has 7 nitrogen and oxygen atoms in total. The van der Waals surface area contributed by atoms with E-state index in [0.717, 1.165) is 16.9 Å². The van der Waals surface area contributed by atoms with Crippen LogP contribution in [0.5, 0.6) is 0 Å². The van der Waals surface area contributed by atoms with Gasteiger partial charge in [-0.2, -0.15) is 5.10 Å². The second kappa shape index (κ2) is 9.13. The number of carbonyl (C=O) groups excluding carboxylic acids is 2. The third-order valence-electron chi connectivity index (χ3n) is 6.39. The maximum Gasteiger partial charge on any atom is 0.285 e. The van der Waals surface area contributed by atoms with Crippen molar-refractivity contribution in [2.45, 2.75) is 19.1 Å². The highest BCUT2D eigenvalue weighted by Gasteiger charge is 2.37. The number of para-hydroxylation sites is 2. The summed E-state index contributed by atoms with van der Waals surface area (Å²) in [6, 6.07) is 16.4. The molecule has 0 bridgehead atoms. The van der Waals surface area contributed by atoms with Crippen molar-refractivity contribution in [3.63, 3.8) is 0 Å². The highest BCUT2D eigenvalue weighted by Crippen LogP contribution is 2.41. The van der Waals surface area contributed by atoms with Crippen LogP contribution in [0, 0.1) is 12.7 Å². The maximum atomic E-state index is 14.1. The van der Waals surface area contributed by atoms with Crippen molar-refractivity contribution in [3.05, 3.63) is 77.4 Å². The fraction of sp³-hybridized carbons (Fsp3) is 0.320. The van der Waals surface area contributed by atoms with Crippen LogP contribution >= 0.6 is 11.9 Å². The summed E-state index contributed by atoms with van der Waals surface area (Å²) >= 11 is 1.37. The molecule has 5 rings (SSSR count). The molecule has 2 aliphatic heterocycles. The molecule has 3 aromatic rings. The van der Waals surface area contributed by atoms with E-state index in [0.29, 0.717) is 37.6 Å². The Balaban J connectivity index is 1.27. The van der Waals surface area contributed by atoms with Crippen molar-refractivity contribution >= 4 is 29.4 Å². The molecule has 0 aliphatic carbocycles. The van der Waals surface area contributed by atoms with Gasteiger partial charge in [-0.3, -0.25) is 13.9 Å². The van der Waals surface area contributed by atoms with Gasteiger partial charge in [0.15, 0.2) is 5.69 Å². The standard InChI is InChI=1S/C25H26FN5O2S/c1-17-23-18(2)34-30(25(33)24(23)27-31(17)19-8-4-3-5-9-19)16-22(32)29-14-12-28(13-15-29)21-11-7-6-10-20(21)26/h3-11,18H,12-16H2,1-2H3. The van der Waals surface area contributed by atoms with Crippen molar-refractivity contribution < 1.29 is 14.0 Å². The number of carbonyl (C=O) groups is 2. The zero-order valence-corrected chi connectivity index (χ0v) is 20.0. The lowest BCUT2D eigenvalue weighted by Gasteiger charge is -2.37. The molecule has 1 atom stereocenters. The van der Waals surface area contributed by atoms with E-state index in [1.807, 2.05) is 55.1 Å². The van der Waals surface area contributed by atoms with Gasteiger partial charge in [0.1, 0.15) is 12.4 Å². The van der Waals surface area contributed by atoms with E-state index < -0.39 is 0 Å². The minimum absolute atomic E-state index is 0.00383. The number of amides is 2. The van der Waals surface area contributed by atoms with E-state index >= 15 is 0 Å². The van der Waals surface area contributed by atoms with Crippen LogP contribution < -0.4 is 4.90 Å². The quantitative estimate of drug-likeness (QED) is 0.533. The fourth-order valence-electron chi connectivity index (χ4n) is 4.63. The summed E-state index contributed by atoms with van der Waals surface area (Å²) in [6.07, 6.45) is 0. The Morgan fingerprint density at radius 1 is 1.06 bits per heavy atom. The van der Waals surface area contributed by atoms with Crippen LogP contribution in [0.15, 0.2) is 54.6 Å². The molecule has 0 N–H and O–H groups in total. The predicted molar refractivity (Wildman–Crippen MR) is 131 cm³/mol. The van der Waals surface area contributed by atoms with E-state index in [4.69, 9.17) is 0 Å². The van der Waals surface area contributed by atoms with E-state index in [9.17, 15) is 14.0 Å². The molecule has 0 saturated carbocycles. The van der Waals surface area contributed by atoms with Gasteiger partial charge in [0.05, 0.1) is 16.6 Å². The molecule has 34 heavy (non-hydrogen) atoms. The third-order valence-corrected chi connectivity index (χ3v) is 7.49. The van der Waals surface area contributed by atoms with Gasteiger partial charge in [0, 0.05) is 37.4 Å². The van der Waals surface area contributed by atoms with Crippen molar-refractivity contribution in [1.82, 2.24) is 19.0 Å². The van der Waals surface area contributed by atoms with Gasteiger partial charge in [0.25, 0.3) is 5.91 Å². The molecule has 2 aliphatic rings. The van der Waals surface area contributed by atoms with Gasteiger partial charge >= 0.3 is 0 Å². The van der Waals surface area contributed by atoms with Gasteiger partial charge < -0.3 is 9.80 Å². The van der Waals surface area contributed by atoms with Gasteiger partial charge in [-0.25, -0.2) is 9.07 Å². The zero-order chi connectivity index (χ0) is 23.8. The van der Waals surface area contributed by atoms with Crippen LogP contribution in [0.25, 0.3) is 5.69 Å². The minimum atomic E-state index is -0.257. The van der Waals surface area contributed by atoms with E-state index in [-0.39, 0.29) is 29.4 Å². The number of halogens is 1. The number of fused-ring (bicyclic) bond motifs is 1. The zero-order valence-electron chi connectivity index (χ0n) is 19.1. The Bertz CT molecular complexity index is 1220. The first kappa shape index (κ1) is 22.5. The predicted octanol–water partition coefficient (Wildman–Crippen LogP) is 3.83. The molecular weight excluding hydrogens is 453 g/mol. The molecule has 176 valence electrons. The maximum absolute atomic E-state index is 14.1. The second-order valence-corrected chi connectivity index (χ2v) is 9.86. The second-order valence-electron chi connectivity index (χ2n) is 8.50. The summed E-state index contributed by atoms with van der Waals surface area (Å²) in [6.45, 7) is 6.07. The Hall–Kier alpha value is -3.33. The van der Waals surface area contributed by atoms with Crippen LogP contribution in [-0.4, -0.2) is 63.5 Å². The largest absolute Gasteiger partial charge is 0.366 e. The van der Waals surface area contributed by atoms with Gasteiger partial charge in [-0.1, -0.05) is 30.3 Å². The van der Waals surface area contributed by atoms with Gasteiger partial charge in [-0.05, 0) is 50.1 Å². The van der Waals surface area contributed by atoms with Crippen molar-refractivity contribution in [3.8, 4) is 5.69 Å². The lowest BCUT2D eigenvalue weighted by Crippen LogP contribution is -2.51. The Morgan fingerprint density at radius 3 is 2.44 bits per heavy atom. The minimum Gasteiger partial charge on any atom is -0.366 e. The van der Waals surface area contributed by atoms with E-state index in [1.165, 1.54) is 22.3 Å². The number of rotatable bonds is 4. The first-order valence-electron chi connectivity index (χ1n) is 11.3. The summed E-state index contributed by atoms with van der Waals surface area (Å²) in [5.74, 6) is -0.606. The van der Waals surface area contributed by atoms with E-state index in [2.05, 4.69) is 5.10 Å². The molecule has 1 fully saturated rings. The first-order chi connectivity index (χ1) is 16.4. The third kappa shape index (κ3) is 4.04. The molecule has 0 spiro atoms. The number of anilines is 1. The molecule has 9 heteroatoms. The van der Waals surface area contributed by atoms with Crippen LogP contribution in [0.2, 0.25) is 0 Å². The summed E-state index contributed by atoms with van der Waals surface area (Å²) in [5, 5.41) is 4.62. The lowest BCUT2D eigenvalue weighted by molar-refractivity contribution is -0.131. The average Bonchev–Trinajstić information content (AvgIpc) is 3.21. The number of piperazine rings is 1. The molecule has 0 radical (unpaired) electrons. The fourth-order valence-corrected chi connectivity index (χ4v) is 5.76. The number of nitrogens with zero attached hydrogens (tertiary/aromatic N) is 5. The molecule has 1 unspecified atom stereocenters. The monoisotopic (exact) mass is 479 g/mol. The topological polar surface area (TPSA) is 61.7 Å². The normalized spacial score (nSPS) is 18.3. The number of benzene rings is 2. The van der Waals surface area contributed by atoms with Crippen LogP contribution in [0.3, 0.4) is 0 Å². The smallest absolute Gasteiger partial charge is 0.285 e. The van der Waals surface area contributed by atoms with Crippen LogP contribution in [0.1, 0.15) is 33.9 Å². The Kier molecular flexibility index (Phi) is 6.03. The molecule has 1 saturated heterocycles. The Labute approximate surface area is 202 Å². The summed E-state index contributed by atoms with van der Waals surface area (Å²) in [4.78, 5) is 30.0. The lowest BCUT2D eigenvalue weighted by atomic mass is 10.1. The highest BCUT2D eigenvalue weighted by atomic mass is 32.2.